The van der Waals surface area contributed by atoms with Crippen LogP contribution in [0.3, 0.4) is 0 Å². The minimum atomic E-state index is 0.979. The molecule has 2 atom stereocenters. The average Bonchev–Trinajstić information content (AvgIpc) is 2.05. The maximum atomic E-state index is 3.25. The molecule has 1 rings (SSSR count). The summed E-state index contributed by atoms with van der Waals surface area (Å²) < 4.78 is 0. The van der Waals surface area contributed by atoms with Crippen molar-refractivity contribution >= 4 is 18.5 Å². The Labute approximate surface area is 66.1 Å². The predicted octanol–water partition coefficient (Wildman–Crippen LogP) is 1.62. The van der Waals surface area contributed by atoms with Gasteiger partial charge in [0.2, 0.25) is 0 Å². The van der Waals surface area contributed by atoms with Gasteiger partial charge in [0.05, 0.1) is 0 Å². The van der Waals surface area contributed by atoms with Crippen LogP contribution in [0.15, 0.2) is 35.4 Å². The van der Waals surface area contributed by atoms with Gasteiger partial charge in [0.25, 0.3) is 0 Å². The highest BCUT2D eigenvalue weighted by atomic mass is 31.0. The lowest BCUT2D eigenvalue weighted by atomic mass is 10.3. The Balaban J connectivity index is 2.68. The highest BCUT2D eigenvalue weighted by molar-refractivity contribution is 7.20. The molecule has 0 saturated heterocycles. The smallest absolute Gasteiger partial charge is 0.0381 e. The number of dihydropyridines is 1. The first-order valence-corrected chi connectivity index (χ1v) is 4.61. The van der Waals surface area contributed by atoms with Gasteiger partial charge in [0, 0.05) is 17.6 Å². The summed E-state index contributed by atoms with van der Waals surface area (Å²) in [6.07, 6.45) is 7.14. The molecule has 0 aliphatic carbocycles. The number of nitrogens with one attached hydrogen (secondary N) is 1. The topological polar surface area (TPSA) is 12.0 Å². The summed E-state index contributed by atoms with van der Waals surface area (Å²) in [5.74, 6) is 1.98. The summed E-state index contributed by atoms with van der Waals surface area (Å²) >= 11 is 0. The Morgan fingerprint density at radius 1 is 1.60 bits per heavy atom. The van der Waals surface area contributed by atoms with E-state index in [0.717, 1.165) is 11.9 Å². The van der Waals surface area contributed by atoms with E-state index in [9.17, 15) is 0 Å². The molecule has 1 N–H and O–H groups in total. The second kappa shape index (κ2) is 3.91. The third-order valence-electron chi connectivity index (χ3n) is 1.28. The molecule has 0 aromatic heterocycles. The van der Waals surface area contributed by atoms with Crippen LogP contribution in [0.2, 0.25) is 0 Å². The van der Waals surface area contributed by atoms with Crippen molar-refractivity contribution in [1.29, 1.82) is 0 Å². The van der Waals surface area contributed by atoms with Crippen molar-refractivity contribution in [2.45, 2.75) is 0 Å². The van der Waals surface area contributed by atoms with Gasteiger partial charge < -0.3 is 5.32 Å². The van der Waals surface area contributed by atoms with Crippen molar-refractivity contribution in [3.05, 3.63) is 35.4 Å². The van der Waals surface area contributed by atoms with E-state index in [2.05, 4.69) is 29.9 Å². The van der Waals surface area contributed by atoms with Gasteiger partial charge in [0.15, 0.2) is 0 Å². The number of hydrogen-bond acceptors (Lipinski definition) is 1. The van der Waals surface area contributed by atoms with E-state index in [-0.39, 0.29) is 0 Å². The van der Waals surface area contributed by atoms with Gasteiger partial charge in [-0.15, -0.1) is 18.5 Å². The first kappa shape index (κ1) is 7.98. The Kier molecular flexibility index (Phi) is 3.12. The van der Waals surface area contributed by atoms with Crippen LogP contribution in [0.1, 0.15) is 0 Å². The summed E-state index contributed by atoms with van der Waals surface area (Å²) in [5.41, 5.74) is 2.38. The van der Waals surface area contributed by atoms with E-state index in [1.807, 2.05) is 18.0 Å². The molecule has 0 fully saturated rings. The van der Waals surface area contributed by atoms with Gasteiger partial charge in [-0.3, -0.25) is 0 Å². The molecule has 0 aromatic rings. The first-order chi connectivity index (χ1) is 4.86. The third kappa shape index (κ3) is 1.94. The fraction of sp³-hybridized carbons (Fsp3) is 0.143. The molecule has 0 radical (unpaired) electrons. The van der Waals surface area contributed by atoms with Crippen molar-refractivity contribution in [3.8, 4) is 0 Å². The molecule has 1 heterocycles. The highest BCUT2D eigenvalue weighted by Gasteiger charge is 1.97. The molecule has 0 spiro atoms. The molecule has 1 aliphatic heterocycles. The lowest BCUT2D eigenvalue weighted by Crippen LogP contribution is -2.13. The first-order valence-electron chi connectivity index (χ1n) is 3.13. The Morgan fingerprint density at radius 2 is 2.40 bits per heavy atom. The van der Waals surface area contributed by atoms with Crippen molar-refractivity contribution in [1.82, 2.24) is 5.32 Å². The molecule has 0 saturated carbocycles. The van der Waals surface area contributed by atoms with Gasteiger partial charge in [0.1, 0.15) is 0 Å². The second-order valence-corrected chi connectivity index (χ2v) is 2.74. The number of allylic oxidation sites excluding steroid dienone is 4. The van der Waals surface area contributed by atoms with E-state index < -0.39 is 0 Å². The molecule has 0 aromatic carbocycles. The van der Waals surface area contributed by atoms with Gasteiger partial charge in [-0.25, -0.2) is 0 Å². The van der Waals surface area contributed by atoms with Gasteiger partial charge >= 0.3 is 0 Å². The minimum absolute atomic E-state index is 0.979. The largest absolute Gasteiger partial charge is 0.359 e. The fourth-order valence-electron chi connectivity index (χ4n) is 0.753. The monoisotopic (exact) mass is 171 g/mol. The quantitative estimate of drug-likeness (QED) is 0.591. The SMILES string of the molecule is P/C=C1/C=CC=C(CP)N1. The maximum absolute atomic E-state index is 3.25. The van der Waals surface area contributed by atoms with Crippen LogP contribution in [0.4, 0.5) is 0 Å². The van der Waals surface area contributed by atoms with E-state index >= 15 is 0 Å². The van der Waals surface area contributed by atoms with Crippen LogP contribution >= 0.6 is 18.5 Å². The van der Waals surface area contributed by atoms with Gasteiger partial charge in [-0.1, -0.05) is 6.08 Å². The Morgan fingerprint density at radius 3 is 3.00 bits per heavy atom. The van der Waals surface area contributed by atoms with Crippen molar-refractivity contribution in [2.75, 3.05) is 6.16 Å². The second-order valence-electron chi connectivity index (χ2n) is 2.00. The van der Waals surface area contributed by atoms with Crippen molar-refractivity contribution < 1.29 is 0 Å². The van der Waals surface area contributed by atoms with E-state index in [1.54, 1.807) is 0 Å². The Hall–Kier alpha value is -0.120. The van der Waals surface area contributed by atoms with Gasteiger partial charge in [-0.2, -0.15) is 0 Å². The Bertz CT molecular complexity index is 204. The van der Waals surface area contributed by atoms with Crippen molar-refractivity contribution in [2.24, 2.45) is 0 Å². The van der Waals surface area contributed by atoms with Crippen LogP contribution in [0.5, 0.6) is 0 Å². The lowest BCUT2D eigenvalue weighted by Gasteiger charge is -2.11. The molecular weight excluding hydrogens is 160 g/mol. The molecule has 3 heteroatoms. The van der Waals surface area contributed by atoms with Crippen LogP contribution in [-0.2, 0) is 0 Å². The highest BCUT2D eigenvalue weighted by Crippen LogP contribution is 2.08. The van der Waals surface area contributed by atoms with E-state index in [4.69, 9.17) is 0 Å². The van der Waals surface area contributed by atoms with Crippen LogP contribution in [-0.4, -0.2) is 6.16 Å². The van der Waals surface area contributed by atoms with Crippen LogP contribution in [0, 0.1) is 0 Å². The summed E-state index contributed by atoms with van der Waals surface area (Å²) in [6.45, 7) is 0. The molecule has 10 heavy (non-hydrogen) atoms. The standard InChI is InChI=1S/C7H11NP2/c9-4-6-2-1-3-7(5-10)8-6/h1-4,8H,5,9-10H2/b6-4-. The molecule has 2 unspecified atom stereocenters. The molecule has 0 amide bonds. The summed E-state index contributed by atoms with van der Waals surface area (Å²) in [7, 11) is 5.26. The average molecular weight is 171 g/mol. The predicted molar refractivity (Wildman–Crippen MR) is 52.7 cm³/mol. The zero-order chi connectivity index (χ0) is 7.40. The maximum Gasteiger partial charge on any atom is 0.0381 e. The zero-order valence-corrected chi connectivity index (χ0v) is 7.98. The van der Waals surface area contributed by atoms with Crippen LogP contribution < -0.4 is 5.32 Å². The zero-order valence-electron chi connectivity index (χ0n) is 5.67. The number of hydrogen-bond donors (Lipinski definition) is 1. The summed E-state index contributed by atoms with van der Waals surface area (Å²) in [6, 6.07) is 0. The molecule has 1 nitrogen and oxygen atoms in total. The molecule has 1 aliphatic rings. The summed E-state index contributed by atoms with van der Waals surface area (Å²) in [4.78, 5) is 0. The van der Waals surface area contributed by atoms with Crippen LogP contribution in [0.25, 0.3) is 0 Å². The van der Waals surface area contributed by atoms with Crippen molar-refractivity contribution in [3.63, 3.8) is 0 Å². The van der Waals surface area contributed by atoms with E-state index in [1.165, 1.54) is 5.70 Å². The molecule has 0 bridgehead atoms. The third-order valence-corrected chi connectivity index (χ3v) is 2.08. The molecule has 54 valence electrons. The fourth-order valence-corrected chi connectivity index (χ4v) is 1.19. The van der Waals surface area contributed by atoms with E-state index in [0.29, 0.717) is 0 Å². The molecular formula is C7H11NP2. The van der Waals surface area contributed by atoms with Gasteiger partial charge in [-0.05, 0) is 18.0 Å². The number of rotatable bonds is 1. The normalized spacial score (nSPS) is 20.6. The lowest BCUT2D eigenvalue weighted by molar-refractivity contribution is 1.00. The summed E-state index contributed by atoms with van der Waals surface area (Å²) in [5, 5.41) is 3.25. The minimum Gasteiger partial charge on any atom is -0.359 e.